The van der Waals surface area contributed by atoms with Gasteiger partial charge in [0.1, 0.15) is 6.04 Å². The largest absolute Gasteiger partial charge is 0.480 e. The predicted molar refractivity (Wildman–Crippen MR) is 103 cm³/mol. The molecule has 0 fully saturated rings. The highest BCUT2D eigenvalue weighted by molar-refractivity contribution is 5.72. The highest BCUT2D eigenvalue weighted by Gasteiger charge is 2.11. The van der Waals surface area contributed by atoms with Gasteiger partial charge in [0.2, 0.25) is 0 Å². The number of hydrogen-bond acceptors (Lipinski definition) is 3. The van der Waals surface area contributed by atoms with E-state index in [-0.39, 0.29) is 6.04 Å². The third kappa shape index (κ3) is 16.3. The summed E-state index contributed by atoms with van der Waals surface area (Å²) < 4.78 is 0. The van der Waals surface area contributed by atoms with Crippen molar-refractivity contribution in [2.45, 2.75) is 122 Å². The van der Waals surface area contributed by atoms with Crippen molar-refractivity contribution in [2.24, 2.45) is 11.5 Å². The fraction of sp³-hybridized carbons (Fsp3) is 0.950. The number of carbonyl (C=O) groups is 1. The van der Waals surface area contributed by atoms with Crippen molar-refractivity contribution in [1.29, 1.82) is 0 Å². The van der Waals surface area contributed by atoms with Gasteiger partial charge in [-0.15, -0.1) is 0 Å². The maximum atomic E-state index is 10.6. The predicted octanol–water partition coefficient (Wildman–Crippen LogP) is 4.99. The fourth-order valence-corrected chi connectivity index (χ4v) is 3.12. The smallest absolute Gasteiger partial charge is 0.320 e. The molecule has 4 heteroatoms. The number of nitrogens with two attached hydrogens (primary N) is 2. The Bertz CT molecular complexity index is 285. The van der Waals surface area contributed by atoms with Crippen LogP contribution in [0.2, 0.25) is 0 Å². The number of rotatable bonds is 18. The fourth-order valence-electron chi connectivity index (χ4n) is 3.12. The van der Waals surface area contributed by atoms with E-state index in [2.05, 4.69) is 6.92 Å². The number of carboxylic acid groups (broad SMARTS) is 1. The second-order valence-electron chi connectivity index (χ2n) is 7.31. The van der Waals surface area contributed by atoms with E-state index in [4.69, 9.17) is 16.6 Å². The SMILES string of the molecule is CCCCCCCCCCCCCCC(N)CCC[C@H](N)C(=O)O. The molecule has 0 aromatic rings. The summed E-state index contributed by atoms with van der Waals surface area (Å²) in [6, 6.07) is -0.530. The Morgan fingerprint density at radius 1 is 0.708 bits per heavy atom. The second-order valence-corrected chi connectivity index (χ2v) is 7.31. The molecule has 2 atom stereocenters. The van der Waals surface area contributed by atoms with Gasteiger partial charge in [0.15, 0.2) is 0 Å². The number of hydrogen-bond donors (Lipinski definition) is 3. The molecule has 0 rings (SSSR count). The van der Waals surface area contributed by atoms with Crippen LogP contribution in [0.25, 0.3) is 0 Å². The van der Waals surface area contributed by atoms with Gasteiger partial charge in [0, 0.05) is 6.04 Å². The first-order valence-electron chi connectivity index (χ1n) is 10.3. The average Bonchev–Trinajstić information content (AvgIpc) is 2.55. The highest BCUT2D eigenvalue weighted by Crippen LogP contribution is 2.14. The summed E-state index contributed by atoms with van der Waals surface area (Å²) in [5.74, 6) is -0.912. The van der Waals surface area contributed by atoms with Gasteiger partial charge in [-0.3, -0.25) is 4.79 Å². The highest BCUT2D eigenvalue weighted by atomic mass is 16.4. The third-order valence-electron chi connectivity index (χ3n) is 4.84. The minimum atomic E-state index is -0.912. The molecule has 0 aromatic carbocycles. The molecule has 144 valence electrons. The van der Waals surface area contributed by atoms with Crippen molar-refractivity contribution < 1.29 is 9.90 Å². The Hall–Kier alpha value is -0.610. The molecule has 0 saturated heterocycles. The zero-order valence-electron chi connectivity index (χ0n) is 16.0. The van der Waals surface area contributed by atoms with Gasteiger partial charge < -0.3 is 16.6 Å². The number of aliphatic carboxylic acids is 1. The van der Waals surface area contributed by atoms with Crippen molar-refractivity contribution in [1.82, 2.24) is 0 Å². The summed E-state index contributed by atoms with van der Waals surface area (Å²) in [6.07, 6.45) is 19.6. The van der Waals surface area contributed by atoms with Crippen molar-refractivity contribution >= 4 is 5.97 Å². The van der Waals surface area contributed by atoms with Gasteiger partial charge >= 0.3 is 5.97 Å². The van der Waals surface area contributed by atoms with Crippen molar-refractivity contribution in [3.8, 4) is 0 Å². The van der Waals surface area contributed by atoms with E-state index in [1.165, 1.54) is 77.0 Å². The standard InChI is InChI=1S/C20H42N2O2/c1-2-3-4-5-6-7-8-9-10-11-12-13-15-18(21)16-14-17-19(22)20(23)24/h18-19H,2-17,21-22H2,1H3,(H,23,24)/t18?,19-/m0/s1. The van der Waals surface area contributed by atoms with Gasteiger partial charge in [-0.25, -0.2) is 0 Å². The zero-order valence-corrected chi connectivity index (χ0v) is 16.0. The first-order chi connectivity index (χ1) is 11.6. The molecular weight excluding hydrogens is 300 g/mol. The molecule has 0 amide bonds. The van der Waals surface area contributed by atoms with Crippen LogP contribution < -0.4 is 11.5 Å². The molecule has 1 unspecified atom stereocenters. The van der Waals surface area contributed by atoms with Gasteiger partial charge in [-0.05, 0) is 25.7 Å². The van der Waals surface area contributed by atoms with E-state index >= 15 is 0 Å². The maximum absolute atomic E-state index is 10.6. The summed E-state index contributed by atoms with van der Waals surface area (Å²) in [6.45, 7) is 2.27. The molecule has 4 nitrogen and oxygen atoms in total. The summed E-state index contributed by atoms with van der Waals surface area (Å²) in [4.78, 5) is 10.6. The van der Waals surface area contributed by atoms with E-state index in [1.807, 2.05) is 0 Å². The topological polar surface area (TPSA) is 89.3 Å². The first-order valence-corrected chi connectivity index (χ1v) is 10.3. The molecule has 0 aliphatic heterocycles. The van der Waals surface area contributed by atoms with Crippen LogP contribution in [0.1, 0.15) is 110 Å². The van der Waals surface area contributed by atoms with Gasteiger partial charge in [0.05, 0.1) is 0 Å². The Morgan fingerprint density at radius 3 is 1.58 bits per heavy atom. The lowest BCUT2D eigenvalue weighted by Crippen LogP contribution is -2.30. The molecular formula is C20H42N2O2. The molecule has 0 aliphatic rings. The lowest BCUT2D eigenvalue weighted by atomic mass is 10.0. The normalized spacial score (nSPS) is 13.8. The molecule has 0 bridgehead atoms. The molecule has 0 radical (unpaired) electrons. The van der Waals surface area contributed by atoms with Crippen molar-refractivity contribution in [2.75, 3.05) is 0 Å². The monoisotopic (exact) mass is 342 g/mol. The van der Waals surface area contributed by atoms with Crippen LogP contribution in [-0.4, -0.2) is 23.2 Å². The third-order valence-corrected chi connectivity index (χ3v) is 4.84. The summed E-state index contributed by atoms with van der Waals surface area (Å²) >= 11 is 0. The molecule has 0 aliphatic carbocycles. The molecule has 24 heavy (non-hydrogen) atoms. The second kappa shape index (κ2) is 17.2. The van der Waals surface area contributed by atoms with Crippen LogP contribution in [-0.2, 0) is 4.79 Å². The van der Waals surface area contributed by atoms with Gasteiger partial charge in [-0.1, -0.05) is 84.0 Å². The van der Waals surface area contributed by atoms with Crippen molar-refractivity contribution in [3.05, 3.63) is 0 Å². The minimum absolute atomic E-state index is 0.203. The van der Waals surface area contributed by atoms with Crippen LogP contribution in [0.5, 0.6) is 0 Å². The summed E-state index contributed by atoms with van der Waals surface area (Å²) in [7, 11) is 0. The molecule has 0 spiro atoms. The molecule has 0 heterocycles. The Labute approximate surface area is 149 Å². The number of unbranched alkanes of at least 4 members (excludes halogenated alkanes) is 11. The maximum Gasteiger partial charge on any atom is 0.320 e. The van der Waals surface area contributed by atoms with Crippen LogP contribution in [0, 0.1) is 0 Å². The van der Waals surface area contributed by atoms with Crippen LogP contribution in [0.3, 0.4) is 0 Å². The number of carboxylic acids is 1. The van der Waals surface area contributed by atoms with E-state index in [1.54, 1.807) is 0 Å². The Morgan fingerprint density at radius 2 is 1.12 bits per heavy atom. The van der Waals surface area contributed by atoms with E-state index < -0.39 is 12.0 Å². The molecule has 5 N–H and O–H groups in total. The lowest BCUT2D eigenvalue weighted by molar-refractivity contribution is -0.138. The first kappa shape index (κ1) is 23.4. The summed E-state index contributed by atoms with van der Waals surface area (Å²) in [5.41, 5.74) is 11.6. The summed E-state index contributed by atoms with van der Waals surface area (Å²) in [5, 5.41) is 8.72. The quantitative estimate of drug-likeness (QED) is 0.306. The average molecular weight is 343 g/mol. The lowest BCUT2D eigenvalue weighted by Gasteiger charge is -2.12. The van der Waals surface area contributed by atoms with Gasteiger partial charge in [0.25, 0.3) is 0 Å². The van der Waals surface area contributed by atoms with Gasteiger partial charge in [-0.2, -0.15) is 0 Å². The molecule has 0 saturated carbocycles. The van der Waals surface area contributed by atoms with Crippen molar-refractivity contribution in [3.63, 3.8) is 0 Å². The van der Waals surface area contributed by atoms with E-state index in [0.29, 0.717) is 6.42 Å². The molecule has 0 aromatic heterocycles. The van der Waals surface area contributed by atoms with Crippen LogP contribution >= 0.6 is 0 Å². The van der Waals surface area contributed by atoms with Crippen LogP contribution in [0.15, 0.2) is 0 Å². The van der Waals surface area contributed by atoms with E-state index in [9.17, 15) is 4.79 Å². The Balaban J connectivity index is 3.22. The van der Waals surface area contributed by atoms with E-state index in [0.717, 1.165) is 19.3 Å². The van der Waals surface area contributed by atoms with Crippen LogP contribution in [0.4, 0.5) is 0 Å². The zero-order chi connectivity index (χ0) is 18.0. The Kier molecular flexibility index (Phi) is 16.8. The minimum Gasteiger partial charge on any atom is -0.480 e.